The topological polar surface area (TPSA) is 92.0 Å². The van der Waals surface area contributed by atoms with Gasteiger partial charge in [0.15, 0.2) is 5.96 Å². The van der Waals surface area contributed by atoms with Gasteiger partial charge in [-0.25, -0.2) is 0 Å². The Kier molecular flexibility index (Phi) is 6.33. The van der Waals surface area contributed by atoms with Crippen molar-refractivity contribution in [3.05, 3.63) is 29.8 Å². The van der Waals surface area contributed by atoms with Crippen molar-refractivity contribution in [1.29, 1.82) is 0 Å². The number of primary amides is 1. The maximum absolute atomic E-state index is 11.0. The average molecular weight is 359 g/mol. The standard InChI is InChI=1S/C19H29N5O2/c1-21-19(23-15-6-9-24(10-7-15)13-18(20)25)22-12-14-8-11-26-17-5-3-2-4-16(14)17/h2-5,14-15H,6-13H2,1H3,(H2,20,25)(H2,21,22,23). The molecule has 26 heavy (non-hydrogen) atoms. The van der Waals surface area contributed by atoms with E-state index in [1.54, 1.807) is 7.05 Å². The van der Waals surface area contributed by atoms with Crippen molar-refractivity contribution < 1.29 is 9.53 Å². The zero-order valence-electron chi connectivity index (χ0n) is 15.4. The zero-order valence-corrected chi connectivity index (χ0v) is 15.4. The quantitative estimate of drug-likeness (QED) is 0.531. The van der Waals surface area contributed by atoms with Crippen LogP contribution in [0.3, 0.4) is 0 Å². The highest BCUT2D eigenvalue weighted by molar-refractivity contribution is 5.80. The van der Waals surface area contributed by atoms with E-state index in [0.717, 1.165) is 57.2 Å². The molecule has 1 unspecified atom stereocenters. The van der Waals surface area contributed by atoms with Crippen molar-refractivity contribution in [2.75, 3.05) is 39.8 Å². The third-order valence-electron chi connectivity index (χ3n) is 5.13. The number of ether oxygens (including phenoxy) is 1. The van der Waals surface area contributed by atoms with E-state index in [1.165, 1.54) is 5.56 Å². The van der Waals surface area contributed by atoms with Crippen LogP contribution < -0.4 is 21.1 Å². The van der Waals surface area contributed by atoms with Gasteiger partial charge in [-0.05, 0) is 30.9 Å². The van der Waals surface area contributed by atoms with Gasteiger partial charge >= 0.3 is 0 Å². The first-order chi connectivity index (χ1) is 12.7. The van der Waals surface area contributed by atoms with Gasteiger partial charge < -0.3 is 21.1 Å². The molecular weight excluding hydrogens is 330 g/mol. The van der Waals surface area contributed by atoms with Gasteiger partial charge in [-0.2, -0.15) is 0 Å². The lowest BCUT2D eigenvalue weighted by atomic mass is 9.93. The SMILES string of the molecule is CN=C(NCC1CCOc2ccccc21)NC1CCN(CC(N)=O)CC1. The third kappa shape index (κ3) is 4.88. The van der Waals surface area contributed by atoms with Crippen LogP contribution in [0.2, 0.25) is 0 Å². The lowest BCUT2D eigenvalue weighted by Gasteiger charge is -2.32. The molecule has 1 amide bonds. The summed E-state index contributed by atoms with van der Waals surface area (Å²) in [7, 11) is 1.80. The zero-order chi connectivity index (χ0) is 18.4. The number of hydrogen-bond donors (Lipinski definition) is 3. The summed E-state index contributed by atoms with van der Waals surface area (Å²) in [6.45, 7) is 3.70. The monoisotopic (exact) mass is 359 g/mol. The predicted octanol–water partition coefficient (Wildman–Crippen LogP) is 0.667. The van der Waals surface area contributed by atoms with Crippen LogP contribution in [-0.2, 0) is 4.79 Å². The molecule has 0 saturated carbocycles. The number of nitrogens with one attached hydrogen (secondary N) is 2. The fourth-order valence-electron chi connectivity index (χ4n) is 3.69. The van der Waals surface area contributed by atoms with Crippen LogP contribution in [-0.4, -0.2) is 62.6 Å². The van der Waals surface area contributed by atoms with Crippen molar-refractivity contribution in [3.63, 3.8) is 0 Å². The summed E-state index contributed by atoms with van der Waals surface area (Å²) in [5, 5.41) is 6.97. The smallest absolute Gasteiger partial charge is 0.231 e. The number of guanidine groups is 1. The van der Waals surface area contributed by atoms with Gasteiger partial charge in [0.25, 0.3) is 0 Å². The number of nitrogens with two attached hydrogens (primary N) is 1. The lowest BCUT2D eigenvalue weighted by Crippen LogP contribution is -2.50. The first-order valence-corrected chi connectivity index (χ1v) is 9.35. The van der Waals surface area contributed by atoms with Gasteiger partial charge in [0.2, 0.25) is 5.91 Å². The highest BCUT2D eigenvalue weighted by atomic mass is 16.5. The first kappa shape index (κ1) is 18.5. The molecule has 2 heterocycles. The minimum Gasteiger partial charge on any atom is -0.493 e. The molecule has 142 valence electrons. The molecular formula is C19H29N5O2. The summed E-state index contributed by atoms with van der Waals surface area (Å²) in [5.74, 6) is 2.00. The third-order valence-corrected chi connectivity index (χ3v) is 5.13. The second-order valence-electron chi connectivity index (χ2n) is 6.99. The van der Waals surface area contributed by atoms with E-state index in [2.05, 4.69) is 32.7 Å². The van der Waals surface area contributed by atoms with E-state index in [4.69, 9.17) is 10.5 Å². The predicted molar refractivity (Wildman–Crippen MR) is 102 cm³/mol. The van der Waals surface area contributed by atoms with Crippen molar-refractivity contribution in [2.45, 2.75) is 31.2 Å². The van der Waals surface area contributed by atoms with E-state index in [9.17, 15) is 4.79 Å². The van der Waals surface area contributed by atoms with Crippen LogP contribution in [0.5, 0.6) is 5.75 Å². The van der Waals surface area contributed by atoms with E-state index < -0.39 is 0 Å². The summed E-state index contributed by atoms with van der Waals surface area (Å²) in [6, 6.07) is 8.62. The Bertz CT molecular complexity index is 641. The molecule has 7 nitrogen and oxygen atoms in total. The molecule has 4 N–H and O–H groups in total. The Morgan fingerprint density at radius 3 is 2.81 bits per heavy atom. The van der Waals surface area contributed by atoms with Crippen LogP contribution in [0.4, 0.5) is 0 Å². The fraction of sp³-hybridized carbons (Fsp3) is 0.579. The molecule has 0 bridgehead atoms. The number of piperidine rings is 1. The Morgan fingerprint density at radius 1 is 1.31 bits per heavy atom. The molecule has 2 aliphatic rings. The Labute approximate surface area is 155 Å². The van der Waals surface area contributed by atoms with Gasteiger partial charge in [0.1, 0.15) is 5.75 Å². The van der Waals surface area contributed by atoms with Crippen LogP contribution in [0, 0.1) is 0 Å². The van der Waals surface area contributed by atoms with Crippen LogP contribution in [0.1, 0.15) is 30.7 Å². The minimum absolute atomic E-state index is 0.259. The normalized spacial score (nSPS) is 21.6. The highest BCUT2D eigenvalue weighted by Gasteiger charge is 2.23. The molecule has 1 aromatic rings. The van der Waals surface area contributed by atoms with Crippen molar-refractivity contribution in [3.8, 4) is 5.75 Å². The number of rotatable bonds is 5. The summed E-state index contributed by atoms with van der Waals surface area (Å²) in [5.41, 5.74) is 6.54. The molecule has 1 fully saturated rings. The molecule has 0 aromatic heterocycles. The Hall–Kier alpha value is -2.28. The van der Waals surface area contributed by atoms with Gasteiger partial charge in [0, 0.05) is 38.6 Å². The average Bonchev–Trinajstić information content (AvgIpc) is 2.66. The van der Waals surface area contributed by atoms with Gasteiger partial charge in [-0.3, -0.25) is 14.7 Å². The molecule has 1 saturated heterocycles. The van der Waals surface area contributed by atoms with Gasteiger partial charge in [-0.15, -0.1) is 0 Å². The summed E-state index contributed by atoms with van der Waals surface area (Å²) in [6.07, 6.45) is 2.97. The van der Waals surface area contributed by atoms with E-state index >= 15 is 0 Å². The number of benzene rings is 1. The number of para-hydroxylation sites is 1. The van der Waals surface area contributed by atoms with Crippen molar-refractivity contribution in [2.24, 2.45) is 10.7 Å². The van der Waals surface area contributed by atoms with Crippen LogP contribution >= 0.6 is 0 Å². The van der Waals surface area contributed by atoms with Gasteiger partial charge in [-0.1, -0.05) is 18.2 Å². The molecule has 7 heteroatoms. The number of hydrogen-bond acceptors (Lipinski definition) is 4. The van der Waals surface area contributed by atoms with Crippen molar-refractivity contribution >= 4 is 11.9 Å². The number of aliphatic imine (C=N–C) groups is 1. The first-order valence-electron chi connectivity index (χ1n) is 9.35. The maximum Gasteiger partial charge on any atom is 0.231 e. The molecule has 1 atom stereocenters. The molecule has 1 aromatic carbocycles. The highest BCUT2D eigenvalue weighted by Crippen LogP contribution is 2.32. The number of fused-ring (bicyclic) bond motifs is 1. The molecule has 0 aliphatic carbocycles. The second-order valence-corrected chi connectivity index (χ2v) is 6.99. The Balaban J connectivity index is 1.47. The van der Waals surface area contributed by atoms with Crippen LogP contribution in [0.25, 0.3) is 0 Å². The maximum atomic E-state index is 11.0. The summed E-state index contributed by atoms with van der Waals surface area (Å²) < 4.78 is 5.73. The van der Waals surface area contributed by atoms with Crippen molar-refractivity contribution in [1.82, 2.24) is 15.5 Å². The summed E-state index contributed by atoms with van der Waals surface area (Å²) in [4.78, 5) is 17.5. The molecule has 2 aliphatic heterocycles. The number of carbonyl (C=O) groups excluding carboxylic acids is 1. The largest absolute Gasteiger partial charge is 0.493 e. The Morgan fingerprint density at radius 2 is 2.08 bits per heavy atom. The van der Waals surface area contributed by atoms with E-state index in [-0.39, 0.29) is 5.91 Å². The number of carbonyl (C=O) groups is 1. The van der Waals surface area contributed by atoms with Crippen LogP contribution in [0.15, 0.2) is 29.3 Å². The lowest BCUT2D eigenvalue weighted by molar-refractivity contribution is -0.119. The van der Waals surface area contributed by atoms with E-state index in [0.29, 0.717) is 18.5 Å². The second kappa shape index (κ2) is 8.89. The molecule has 0 spiro atoms. The number of nitrogens with zero attached hydrogens (tertiary/aromatic N) is 2. The fourth-order valence-corrected chi connectivity index (χ4v) is 3.69. The summed E-state index contributed by atoms with van der Waals surface area (Å²) >= 11 is 0. The number of amides is 1. The minimum atomic E-state index is -0.259. The van der Waals surface area contributed by atoms with E-state index in [1.807, 2.05) is 12.1 Å². The number of likely N-dealkylation sites (tertiary alicyclic amines) is 1. The molecule has 3 rings (SSSR count). The molecule has 0 radical (unpaired) electrons. The van der Waals surface area contributed by atoms with Gasteiger partial charge in [0.05, 0.1) is 13.2 Å².